The third-order valence-electron chi connectivity index (χ3n) is 4.98. The zero-order valence-electron chi connectivity index (χ0n) is 13.5. The number of halogens is 1. The van der Waals surface area contributed by atoms with Crippen LogP contribution in [0.5, 0.6) is 5.88 Å². The molecule has 0 amide bonds. The van der Waals surface area contributed by atoms with Gasteiger partial charge in [0.15, 0.2) is 5.88 Å². The highest BCUT2D eigenvalue weighted by Gasteiger charge is 2.23. The summed E-state index contributed by atoms with van der Waals surface area (Å²) in [6.45, 7) is 3.10. The molecular formula is C20H21ClN2O. The molecule has 124 valence electrons. The number of aromatic nitrogens is 1. The van der Waals surface area contributed by atoms with Crippen molar-refractivity contribution >= 4 is 22.4 Å². The quantitative estimate of drug-likeness (QED) is 0.739. The molecule has 1 aliphatic rings. The molecule has 0 saturated carbocycles. The predicted molar refractivity (Wildman–Crippen MR) is 98.6 cm³/mol. The van der Waals surface area contributed by atoms with E-state index in [0.29, 0.717) is 16.9 Å². The Morgan fingerprint density at radius 2 is 1.79 bits per heavy atom. The maximum absolute atomic E-state index is 10.5. The van der Waals surface area contributed by atoms with E-state index in [2.05, 4.69) is 35.2 Å². The molecule has 1 aliphatic heterocycles. The van der Waals surface area contributed by atoms with Crippen LogP contribution in [0.4, 0.5) is 0 Å². The molecule has 1 aromatic heterocycles. The van der Waals surface area contributed by atoms with Crippen molar-refractivity contribution in [2.45, 2.75) is 25.4 Å². The average Bonchev–Trinajstić information content (AvgIpc) is 2.92. The van der Waals surface area contributed by atoms with Gasteiger partial charge in [-0.3, -0.25) is 4.90 Å². The summed E-state index contributed by atoms with van der Waals surface area (Å²) in [5, 5.41) is 13.1. The van der Waals surface area contributed by atoms with Gasteiger partial charge in [-0.05, 0) is 36.6 Å². The first-order chi connectivity index (χ1) is 11.7. The predicted octanol–water partition coefficient (Wildman–Crippen LogP) is 4.84. The van der Waals surface area contributed by atoms with Gasteiger partial charge in [-0.25, -0.2) is 0 Å². The molecule has 24 heavy (non-hydrogen) atoms. The van der Waals surface area contributed by atoms with Crippen LogP contribution in [0.15, 0.2) is 54.7 Å². The Labute approximate surface area is 147 Å². The van der Waals surface area contributed by atoms with Crippen molar-refractivity contribution < 1.29 is 5.11 Å². The van der Waals surface area contributed by atoms with E-state index in [0.717, 1.165) is 43.2 Å². The first kappa shape index (κ1) is 15.6. The molecule has 1 saturated heterocycles. The van der Waals surface area contributed by atoms with Crippen molar-refractivity contribution in [1.82, 2.24) is 9.47 Å². The Balaban J connectivity index is 1.47. The SMILES string of the molecule is Oc1c2ccc(Cl)cc2cn1C1CCN(Cc2ccccc2)CC1. The molecule has 3 nitrogen and oxygen atoms in total. The molecule has 2 heterocycles. The van der Waals surface area contributed by atoms with Crippen LogP contribution in [-0.2, 0) is 6.54 Å². The minimum Gasteiger partial charge on any atom is -0.494 e. The number of benzene rings is 2. The number of nitrogens with zero attached hydrogens (tertiary/aromatic N) is 2. The van der Waals surface area contributed by atoms with Crippen LogP contribution in [-0.4, -0.2) is 27.7 Å². The van der Waals surface area contributed by atoms with Gasteiger partial charge in [0.1, 0.15) is 0 Å². The lowest BCUT2D eigenvalue weighted by atomic mass is 10.0. The molecular weight excluding hydrogens is 320 g/mol. The van der Waals surface area contributed by atoms with Gasteiger partial charge in [0.05, 0.1) is 0 Å². The van der Waals surface area contributed by atoms with Gasteiger partial charge in [0.25, 0.3) is 0 Å². The van der Waals surface area contributed by atoms with Gasteiger partial charge < -0.3 is 9.67 Å². The maximum atomic E-state index is 10.5. The second-order valence-electron chi connectivity index (χ2n) is 6.58. The second kappa shape index (κ2) is 6.50. The number of aromatic hydroxyl groups is 1. The van der Waals surface area contributed by atoms with Gasteiger partial charge in [0.2, 0.25) is 0 Å². The van der Waals surface area contributed by atoms with E-state index in [1.165, 1.54) is 5.56 Å². The zero-order valence-corrected chi connectivity index (χ0v) is 14.3. The molecule has 2 aromatic carbocycles. The summed E-state index contributed by atoms with van der Waals surface area (Å²) < 4.78 is 2.03. The van der Waals surface area contributed by atoms with Gasteiger partial charge in [-0.15, -0.1) is 0 Å². The average molecular weight is 341 g/mol. The van der Waals surface area contributed by atoms with Crippen molar-refractivity contribution in [3.05, 3.63) is 65.3 Å². The number of fused-ring (bicyclic) bond motifs is 1. The summed E-state index contributed by atoms with van der Waals surface area (Å²) in [5.41, 5.74) is 1.36. The highest BCUT2D eigenvalue weighted by atomic mass is 35.5. The lowest BCUT2D eigenvalue weighted by molar-refractivity contribution is 0.175. The summed E-state index contributed by atoms with van der Waals surface area (Å²) in [4.78, 5) is 2.49. The van der Waals surface area contributed by atoms with Crippen LogP contribution in [0.25, 0.3) is 10.8 Å². The van der Waals surface area contributed by atoms with Crippen LogP contribution in [0, 0.1) is 0 Å². The zero-order chi connectivity index (χ0) is 16.5. The Bertz CT molecular complexity index is 835. The number of rotatable bonds is 3. The van der Waals surface area contributed by atoms with Gasteiger partial charge in [-0.1, -0.05) is 41.9 Å². The summed E-state index contributed by atoms with van der Waals surface area (Å²) in [6, 6.07) is 16.6. The van der Waals surface area contributed by atoms with E-state index < -0.39 is 0 Å². The summed E-state index contributed by atoms with van der Waals surface area (Å²) in [5.74, 6) is 0.364. The highest BCUT2D eigenvalue weighted by molar-refractivity contribution is 6.31. The van der Waals surface area contributed by atoms with E-state index in [1.54, 1.807) is 0 Å². The van der Waals surface area contributed by atoms with Crippen LogP contribution in [0.1, 0.15) is 24.4 Å². The van der Waals surface area contributed by atoms with Crippen molar-refractivity contribution in [2.24, 2.45) is 0 Å². The lowest BCUT2D eigenvalue weighted by Crippen LogP contribution is -2.33. The number of hydrogen-bond acceptors (Lipinski definition) is 2. The monoisotopic (exact) mass is 340 g/mol. The van der Waals surface area contributed by atoms with Crippen LogP contribution >= 0.6 is 11.6 Å². The van der Waals surface area contributed by atoms with Crippen molar-refractivity contribution in [1.29, 1.82) is 0 Å². The van der Waals surface area contributed by atoms with Crippen LogP contribution in [0.3, 0.4) is 0 Å². The van der Waals surface area contributed by atoms with Crippen molar-refractivity contribution in [3.63, 3.8) is 0 Å². The molecule has 0 atom stereocenters. The summed E-state index contributed by atoms with van der Waals surface area (Å²) in [6.07, 6.45) is 4.14. The first-order valence-electron chi connectivity index (χ1n) is 8.46. The Morgan fingerprint density at radius 3 is 2.54 bits per heavy atom. The Hall–Kier alpha value is -1.97. The number of hydrogen-bond donors (Lipinski definition) is 1. The van der Waals surface area contributed by atoms with Crippen LogP contribution in [0.2, 0.25) is 5.02 Å². The second-order valence-corrected chi connectivity index (χ2v) is 7.02. The molecule has 0 unspecified atom stereocenters. The highest BCUT2D eigenvalue weighted by Crippen LogP contribution is 2.35. The standard InChI is InChI=1S/C20H21ClN2O/c21-17-6-7-19-16(12-17)14-23(20(19)24)18-8-10-22(11-9-18)13-15-4-2-1-3-5-15/h1-7,12,14,18,24H,8-11,13H2. The molecule has 4 heteroatoms. The first-order valence-corrected chi connectivity index (χ1v) is 8.84. The van der Waals surface area contributed by atoms with E-state index in [9.17, 15) is 5.11 Å². The van der Waals surface area contributed by atoms with Gasteiger partial charge in [0, 0.05) is 47.7 Å². The van der Waals surface area contributed by atoms with Crippen molar-refractivity contribution in [3.8, 4) is 5.88 Å². The maximum Gasteiger partial charge on any atom is 0.199 e. The normalized spacial score (nSPS) is 16.7. The number of likely N-dealkylation sites (tertiary alicyclic amines) is 1. The molecule has 1 N–H and O–H groups in total. The third kappa shape index (κ3) is 3.02. The fourth-order valence-electron chi connectivity index (χ4n) is 3.67. The third-order valence-corrected chi connectivity index (χ3v) is 5.21. The molecule has 0 spiro atoms. The van der Waals surface area contributed by atoms with E-state index in [-0.39, 0.29) is 0 Å². The van der Waals surface area contributed by atoms with E-state index in [1.807, 2.05) is 29.0 Å². The summed E-state index contributed by atoms with van der Waals surface area (Å²) in [7, 11) is 0. The molecule has 0 aliphatic carbocycles. The van der Waals surface area contributed by atoms with Crippen molar-refractivity contribution in [2.75, 3.05) is 13.1 Å². The topological polar surface area (TPSA) is 28.4 Å². The molecule has 3 aromatic rings. The van der Waals surface area contributed by atoms with Gasteiger partial charge in [-0.2, -0.15) is 0 Å². The summed E-state index contributed by atoms with van der Waals surface area (Å²) >= 11 is 6.06. The van der Waals surface area contributed by atoms with E-state index >= 15 is 0 Å². The Morgan fingerprint density at radius 1 is 1.04 bits per heavy atom. The van der Waals surface area contributed by atoms with Crippen LogP contribution < -0.4 is 0 Å². The fraction of sp³-hybridized carbons (Fsp3) is 0.300. The molecule has 0 bridgehead atoms. The number of piperidine rings is 1. The molecule has 4 rings (SSSR count). The lowest BCUT2D eigenvalue weighted by Gasteiger charge is -2.33. The minimum absolute atomic E-state index is 0.350. The molecule has 1 fully saturated rings. The largest absolute Gasteiger partial charge is 0.494 e. The fourth-order valence-corrected chi connectivity index (χ4v) is 3.85. The molecule has 0 radical (unpaired) electrons. The Kier molecular flexibility index (Phi) is 4.21. The van der Waals surface area contributed by atoms with E-state index in [4.69, 9.17) is 11.6 Å². The minimum atomic E-state index is 0.350. The smallest absolute Gasteiger partial charge is 0.199 e. The van der Waals surface area contributed by atoms with Gasteiger partial charge >= 0.3 is 0 Å².